The lowest BCUT2D eigenvalue weighted by molar-refractivity contribution is -0.119. The average Bonchev–Trinajstić information content (AvgIpc) is 2.47. The fraction of sp³-hybridized carbons (Fsp3) is 0.500. The summed E-state index contributed by atoms with van der Waals surface area (Å²) in [5.41, 5.74) is 1.28. The molecule has 1 unspecified atom stereocenters. The maximum atomic E-state index is 12.2. The molecule has 1 N–H and O–H groups in total. The van der Waals surface area contributed by atoms with Crippen molar-refractivity contribution in [2.45, 2.75) is 34.1 Å². The van der Waals surface area contributed by atoms with Gasteiger partial charge in [-0.25, -0.2) is 0 Å². The van der Waals surface area contributed by atoms with E-state index in [1.807, 2.05) is 27.7 Å². The summed E-state index contributed by atoms with van der Waals surface area (Å²) >= 11 is 0. The molecule has 0 spiro atoms. The second kappa shape index (κ2) is 7.68. The lowest BCUT2D eigenvalue weighted by Gasteiger charge is -2.19. The molecule has 0 bridgehead atoms. The second-order valence-electron chi connectivity index (χ2n) is 4.86. The third-order valence-electron chi connectivity index (χ3n) is 3.49. The fourth-order valence-electron chi connectivity index (χ4n) is 1.87. The molecule has 2 amide bonds. The van der Waals surface area contributed by atoms with Crippen LogP contribution in [0.5, 0.6) is 0 Å². The van der Waals surface area contributed by atoms with E-state index in [4.69, 9.17) is 0 Å². The number of rotatable bonds is 6. The predicted octanol–water partition coefficient (Wildman–Crippen LogP) is 3.15. The van der Waals surface area contributed by atoms with Crippen molar-refractivity contribution in [3.05, 3.63) is 29.8 Å². The van der Waals surface area contributed by atoms with Crippen LogP contribution in [0, 0.1) is 5.92 Å². The Hall–Kier alpha value is -1.84. The maximum absolute atomic E-state index is 12.2. The van der Waals surface area contributed by atoms with E-state index in [0.29, 0.717) is 24.3 Å². The lowest BCUT2D eigenvalue weighted by Crippen LogP contribution is -2.30. The van der Waals surface area contributed by atoms with Crippen molar-refractivity contribution in [1.82, 2.24) is 4.90 Å². The average molecular weight is 276 g/mol. The van der Waals surface area contributed by atoms with Crippen LogP contribution in [0.25, 0.3) is 0 Å². The van der Waals surface area contributed by atoms with Crippen LogP contribution >= 0.6 is 0 Å². The quantitative estimate of drug-likeness (QED) is 0.867. The van der Waals surface area contributed by atoms with Crippen LogP contribution in [0.1, 0.15) is 44.5 Å². The molecule has 1 atom stereocenters. The van der Waals surface area contributed by atoms with Gasteiger partial charge in [0.05, 0.1) is 0 Å². The summed E-state index contributed by atoms with van der Waals surface area (Å²) in [4.78, 5) is 25.9. The summed E-state index contributed by atoms with van der Waals surface area (Å²) in [5.74, 6) is -0.0493. The highest BCUT2D eigenvalue weighted by Gasteiger charge is 2.14. The molecule has 4 heteroatoms. The van der Waals surface area contributed by atoms with Gasteiger partial charge in [-0.15, -0.1) is 0 Å². The van der Waals surface area contributed by atoms with Crippen molar-refractivity contribution in [2.75, 3.05) is 18.4 Å². The van der Waals surface area contributed by atoms with Gasteiger partial charge >= 0.3 is 0 Å². The van der Waals surface area contributed by atoms with Gasteiger partial charge in [0.25, 0.3) is 5.91 Å². The van der Waals surface area contributed by atoms with E-state index in [1.165, 1.54) is 0 Å². The molecule has 1 aromatic carbocycles. The minimum absolute atomic E-state index is 0.00496. The Labute approximate surface area is 121 Å². The molecule has 4 nitrogen and oxygen atoms in total. The van der Waals surface area contributed by atoms with Crippen molar-refractivity contribution >= 4 is 17.5 Å². The number of anilines is 1. The van der Waals surface area contributed by atoms with Crippen LogP contribution in [-0.2, 0) is 4.79 Å². The standard InChI is InChI=1S/C16H24N2O2/c1-5-12(4)15(19)17-14-10-8-9-13(11-14)16(20)18(6-2)7-3/h8-12H,5-7H2,1-4H3,(H,17,19). The smallest absolute Gasteiger partial charge is 0.253 e. The van der Waals surface area contributed by atoms with E-state index in [2.05, 4.69) is 5.32 Å². The van der Waals surface area contributed by atoms with E-state index >= 15 is 0 Å². The van der Waals surface area contributed by atoms with E-state index in [0.717, 1.165) is 6.42 Å². The van der Waals surface area contributed by atoms with Crippen molar-refractivity contribution in [3.63, 3.8) is 0 Å². The van der Waals surface area contributed by atoms with Crippen molar-refractivity contribution in [3.8, 4) is 0 Å². The number of carbonyl (C=O) groups excluding carboxylic acids is 2. The number of hydrogen-bond donors (Lipinski definition) is 1. The van der Waals surface area contributed by atoms with Gasteiger partial charge in [-0.05, 0) is 38.5 Å². The molecule has 0 aliphatic carbocycles. The number of hydrogen-bond acceptors (Lipinski definition) is 2. The molecule has 0 aromatic heterocycles. The zero-order chi connectivity index (χ0) is 15.1. The van der Waals surface area contributed by atoms with Crippen LogP contribution in [0.4, 0.5) is 5.69 Å². The molecule has 20 heavy (non-hydrogen) atoms. The van der Waals surface area contributed by atoms with Gasteiger partial charge in [0.1, 0.15) is 0 Å². The number of nitrogens with zero attached hydrogens (tertiary/aromatic N) is 1. The van der Waals surface area contributed by atoms with Gasteiger partial charge in [0, 0.05) is 30.3 Å². The number of carbonyl (C=O) groups is 2. The van der Waals surface area contributed by atoms with Crippen LogP contribution < -0.4 is 5.32 Å². The Morgan fingerprint density at radius 2 is 1.85 bits per heavy atom. The summed E-state index contributed by atoms with van der Waals surface area (Å²) in [7, 11) is 0. The van der Waals surface area contributed by atoms with E-state index in [1.54, 1.807) is 29.2 Å². The molecule has 1 aromatic rings. The third-order valence-corrected chi connectivity index (χ3v) is 3.49. The zero-order valence-electron chi connectivity index (χ0n) is 12.8. The highest BCUT2D eigenvalue weighted by atomic mass is 16.2. The largest absolute Gasteiger partial charge is 0.339 e. The Balaban J connectivity index is 2.85. The SMILES string of the molecule is CCC(C)C(=O)Nc1cccc(C(=O)N(CC)CC)c1. The first kappa shape index (κ1) is 16.2. The minimum Gasteiger partial charge on any atom is -0.339 e. The minimum atomic E-state index is -0.0304. The molecule has 110 valence electrons. The lowest BCUT2D eigenvalue weighted by atomic mass is 10.1. The Morgan fingerprint density at radius 1 is 1.20 bits per heavy atom. The molecule has 0 saturated carbocycles. The van der Waals surface area contributed by atoms with Gasteiger partial charge in [-0.3, -0.25) is 9.59 Å². The Kier molecular flexibility index (Phi) is 6.22. The molecule has 0 heterocycles. The summed E-state index contributed by atoms with van der Waals surface area (Å²) in [5, 5.41) is 2.85. The molecule has 0 aliphatic rings. The molecule has 0 radical (unpaired) electrons. The normalized spacial score (nSPS) is 11.8. The van der Waals surface area contributed by atoms with Crippen molar-refractivity contribution in [2.24, 2.45) is 5.92 Å². The fourth-order valence-corrected chi connectivity index (χ4v) is 1.87. The molecular weight excluding hydrogens is 252 g/mol. The summed E-state index contributed by atoms with van der Waals surface area (Å²) in [6, 6.07) is 7.11. The van der Waals surface area contributed by atoms with Gasteiger partial charge in [-0.1, -0.05) is 19.9 Å². The molecule has 0 fully saturated rings. The highest BCUT2D eigenvalue weighted by Crippen LogP contribution is 2.14. The number of nitrogens with one attached hydrogen (secondary N) is 1. The Bertz CT molecular complexity index is 467. The van der Waals surface area contributed by atoms with Gasteiger partial charge in [0.2, 0.25) is 5.91 Å². The van der Waals surface area contributed by atoms with Gasteiger partial charge in [0.15, 0.2) is 0 Å². The van der Waals surface area contributed by atoms with Gasteiger partial charge < -0.3 is 10.2 Å². The first-order valence-electron chi connectivity index (χ1n) is 7.23. The van der Waals surface area contributed by atoms with E-state index in [9.17, 15) is 9.59 Å². The van der Waals surface area contributed by atoms with Crippen molar-refractivity contribution < 1.29 is 9.59 Å². The van der Waals surface area contributed by atoms with Crippen LogP contribution in [0.3, 0.4) is 0 Å². The number of amides is 2. The monoisotopic (exact) mass is 276 g/mol. The topological polar surface area (TPSA) is 49.4 Å². The molecular formula is C16H24N2O2. The van der Waals surface area contributed by atoms with Crippen LogP contribution in [0.15, 0.2) is 24.3 Å². The first-order valence-corrected chi connectivity index (χ1v) is 7.23. The highest BCUT2D eigenvalue weighted by molar-refractivity contribution is 5.97. The molecule has 0 saturated heterocycles. The second-order valence-corrected chi connectivity index (χ2v) is 4.86. The summed E-state index contributed by atoms with van der Waals surface area (Å²) < 4.78 is 0. The van der Waals surface area contributed by atoms with E-state index < -0.39 is 0 Å². The summed E-state index contributed by atoms with van der Waals surface area (Å²) in [6.45, 7) is 9.13. The maximum Gasteiger partial charge on any atom is 0.253 e. The van der Waals surface area contributed by atoms with Crippen molar-refractivity contribution in [1.29, 1.82) is 0 Å². The van der Waals surface area contributed by atoms with Gasteiger partial charge in [-0.2, -0.15) is 0 Å². The van der Waals surface area contributed by atoms with Crippen LogP contribution in [0.2, 0.25) is 0 Å². The predicted molar refractivity (Wildman–Crippen MR) is 81.8 cm³/mol. The summed E-state index contributed by atoms with van der Waals surface area (Å²) in [6.07, 6.45) is 0.796. The molecule has 0 aliphatic heterocycles. The van der Waals surface area contributed by atoms with E-state index in [-0.39, 0.29) is 17.7 Å². The zero-order valence-corrected chi connectivity index (χ0v) is 12.8. The number of benzene rings is 1. The molecule has 1 rings (SSSR count). The first-order chi connectivity index (χ1) is 9.53. The van der Waals surface area contributed by atoms with Crippen LogP contribution in [-0.4, -0.2) is 29.8 Å². The third kappa shape index (κ3) is 4.08. The Morgan fingerprint density at radius 3 is 2.40 bits per heavy atom.